The molecule has 0 spiro atoms. The Balaban J connectivity index is 2.45. The van der Waals surface area contributed by atoms with E-state index in [1.807, 2.05) is 0 Å². The van der Waals surface area contributed by atoms with Crippen LogP contribution in [0.5, 0.6) is 0 Å². The number of aryl methyl sites for hydroxylation is 1. The highest BCUT2D eigenvalue weighted by Gasteiger charge is 2.23. The van der Waals surface area contributed by atoms with Crippen molar-refractivity contribution in [3.63, 3.8) is 0 Å². The maximum absolute atomic E-state index is 11.5. The molecule has 1 aromatic heterocycles. The second-order valence-corrected chi connectivity index (χ2v) is 3.98. The molecule has 1 atom stereocenters. The topological polar surface area (TPSA) is 123 Å². The van der Waals surface area contributed by atoms with E-state index in [1.54, 1.807) is 24.0 Å². The molecular formula is C11H16N4O5. The van der Waals surface area contributed by atoms with Crippen LogP contribution in [0.3, 0.4) is 0 Å². The lowest BCUT2D eigenvalue weighted by molar-refractivity contribution is -0.147. The van der Waals surface area contributed by atoms with E-state index >= 15 is 0 Å². The van der Waals surface area contributed by atoms with Gasteiger partial charge in [0.25, 0.3) is 0 Å². The first kappa shape index (κ1) is 15.5. The van der Waals surface area contributed by atoms with Crippen LogP contribution in [0.4, 0.5) is 4.79 Å². The predicted molar refractivity (Wildman–Crippen MR) is 66.6 cm³/mol. The zero-order valence-electron chi connectivity index (χ0n) is 11.1. The van der Waals surface area contributed by atoms with Crippen molar-refractivity contribution in [3.8, 4) is 0 Å². The number of carboxylic acid groups (broad SMARTS) is 1. The number of ether oxygens (including phenoxy) is 1. The quantitative estimate of drug-likeness (QED) is 0.590. The van der Waals surface area contributed by atoms with Gasteiger partial charge in [-0.2, -0.15) is 5.10 Å². The number of hydrogen-bond donors (Lipinski definition) is 3. The summed E-state index contributed by atoms with van der Waals surface area (Å²) in [6.07, 6.45) is 1.27. The third-order valence-electron chi connectivity index (χ3n) is 2.40. The zero-order chi connectivity index (χ0) is 15.1. The molecule has 2 amide bonds. The Morgan fingerprint density at radius 1 is 1.50 bits per heavy atom. The number of carboxylic acids is 1. The van der Waals surface area contributed by atoms with Crippen molar-refractivity contribution in [2.24, 2.45) is 7.05 Å². The summed E-state index contributed by atoms with van der Waals surface area (Å²) in [4.78, 5) is 33.5. The average Bonchev–Trinajstić information content (AvgIpc) is 2.81. The largest absolute Gasteiger partial charge is 0.480 e. The number of aromatic nitrogens is 2. The number of nitrogens with zero attached hydrogens (tertiary/aromatic N) is 2. The van der Waals surface area contributed by atoms with E-state index in [1.165, 1.54) is 0 Å². The highest BCUT2D eigenvalue weighted by molar-refractivity contribution is 5.86. The number of carbonyl (C=O) groups excluding carboxylic acids is 2. The summed E-state index contributed by atoms with van der Waals surface area (Å²) in [5, 5.41) is 17.6. The van der Waals surface area contributed by atoms with E-state index in [-0.39, 0.29) is 6.54 Å². The number of esters is 1. The molecule has 0 saturated heterocycles. The molecule has 1 heterocycles. The van der Waals surface area contributed by atoms with Gasteiger partial charge in [0.05, 0.1) is 25.8 Å². The first-order chi connectivity index (χ1) is 9.42. The van der Waals surface area contributed by atoms with Gasteiger partial charge < -0.3 is 20.5 Å². The average molecular weight is 284 g/mol. The van der Waals surface area contributed by atoms with E-state index in [4.69, 9.17) is 5.11 Å². The van der Waals surface area contributed by atoms with E-state index in [0.717, 1.165) is 7.11 Å². The van der Waals surface area contributed by atoms with Crippen molar-refractivity contribution < 1.29 is 24.2 Å². The van der Waals surface area contributed by atoms with Crippen LogP contribution >= 0.6 is 0 Å². The Kier molecular flexibility index (Phi) is 5.51. The molecule has 0 saturated carbocycles. The first-order valence-corrected chi connectivity index (χ1v) is 5.75. The molecule has 0 aliphatic heterocycles. The third-order valence-corrected chi connectivity index (χ3v) is 2.40. The number of methoxy groups -OCH3 is 1. The molecule has 1 rings (SSSR count). The summed E-state index contributed by atoms with van der Waals surface area (Å²) in [5.74, 6) is -2.04. The number of nitrogens with one attached hydrogen (secondary N) is 2. The maximum Gasteiger partial charge on any atom is 0.326 e. The normalized spacial score (nSPS) is 11.5. The minimum absolute atomic E-state index is 0.150. The number of aliphatic carboxylic acids is 1. The van der Waals surface area contributed by atoms with Gasteiger partial charge in [-0.05, 0) is 6.07 Å². The molecule has 0 aliphatic carbocycles. The lowest BCUT2D eigenvalue weighted by Crippen LogP contribution is -2.46. The van der Waals surface area contributed by atoms with Crippen LogP contribution < -0.4 is 10.6 Å². The van der Waals surface area contributed by atoms with Crippen LogP contribution in [-0.4, -0.2) is 46.0 Å². The Bertz CT molecular complexity index is 499. The SMILES string of the molecule is COC(=O)C[C@H](NC(=O)NCc1ccn(C)n1)C(=O)O. The summed E-state index contributed by atoms with van der Waals surface area (Å²) in [5.41, 5.74) is 0.627. The zero-order valence-corrected chi connectivity index (χ0v) is 11.1. The molecule has 0 unspecified atom stereocenters. The summed E-state index contributed by atoms with van der Waals surface area (Å²) >= 11 is 0. The van der Waals surface area contributed by atoms with Gasteiger partial charge in [0.1, 0.15) is 6.04 Å². The molecule has 9 heteroatoms. The van der Waals surface area contributed by atoms with Crippen molar-refractivity contribution >= 4 is 18.0 Å². The number of carbonyl (C=O) groups is 3. The Labute approximate surface area is 114 Å². The summed E-state index contributed by atoms with van der Waals surface area (Å²) in [7, 11) is 2.88. The standard InChI is InChI=1S/C11H16N4O5/c1-15-4-3-7(14-15)6-12-11(19)13-8(10(17)18)5-9(16)20-2/h3-4,8H,5-6H2,1-2H3,(H,17,18)(H2,12,13,19)/t8-/m0/s1. The highest BCUT2D eigenvalue weighted by atomic mass is 16.5. The Morgan fingerprint density at radius 2 is 2.20 bits per heavy atom. The second kappa shape index (κ2) is 7.12. The molecule has 110 valence electrons. The Hall–Kier alpha value is -2.58. The predicted octanol–water partition coefficient (Wildman–Crippen LogP) is -0.764. The minimum atomic E-state index is -1.34. The number of amides is 2. The number of urea groups is 1. The summed E-state index contributed by atoms with van der Waals surface area (Å²) in [6.45, 7) is 0.150. The molecule has 0 aliphatic rings. The van der Waals surface area contributed by atoms with Crippen LogP contribution in [0, 0.1) is 0 Å². The molecule has 0 radical (unpaired) electrons. The van der Waals surface area contributed by atoms with Crippen LogP contribution in [0.1, 0.15) is 12.1 Å². The summed E-state index contributed by atoms with van der Waals surface area (Å²) < 4.78 is 5.93. The third kappa shape index (κ3) is 4.96. The first-order valence-electron chi connectivity index (χ1n) is 5.75. The fourth-order valence-corrected chi connectivity index (χ4v) is 1.39. The smallest absolute Gasteiger partial charge is 0.326 e. The fraction of sp³-hybridized carbons (Fsp3) is 0.455. The van der Waals surface area contributed by atoms with Gasteiger partial charge in [-0.1, -0.05) is 0 Å². The minimum Gasteiger partial charge on any atom is -0.480 e. The van der Waals surface area contributed by atoms with Crippen LogP contribution in [-0.2, 0) is 27.9 Å². The number of rotatable bonds is 6. The van der Waals surface area contributed by atoms with Crippen LogP contribution in [0.25, 0.3) is 0 Å². The second-order valence-electron chi connectivity index (χ2n) is 3.98. The lowest BCUT2D eigenvalue weighted by Gasteiger charge is -2.13. The molecule has 1 aromatic rings. The van der Waals surface area contributed by atoms with Crippen molar-refractivity contribution in [3.05, 3.63) is 18.0 Å². The van der Waals surface area contributed by atoms with Crippen molar-refractivity contribution in [2.45, 2.75) is 19.0 Å². The summed E-state index contributed by atoms with van der Waals surface area (Å²) in [6, 6.07) is -0.332. The van der Waals surface area contributed by atoms with Crippen molar-refractivity contribution in [1.29, 1.82) is 0 Å². The van der Waals surface area contributed by atoms with Crippen LogP contribution in [0.2, 0.25) is 0 Å². The molecule has 9 nitrogen and oxygen atoms in total. The number of hydrogen-bond acceptors (Lipinski definition) is 5. The fourth-order valence-electron chi connectivity index (χ4n) is 1.39. The molecule has 20 heavy (non-hydrogen) atoms. The molecule has 0 aromatic carbocycles. The van der Waals surface area contributed by atoms with E-state index in [2.05, 4.69) is 20.5 Å². The van der Waals surface area contributed by atoms with Crippen LogP contribution in [0.15, 0.2) is 12.3 Å². The van der Waals surface area contributed by atoms with E-state index in [9.17, 15) is 14.4 Å². The van der Waals surface area contributed by atoms with Gasteiger partial charge in [-0.25, -0.2) is 9.59 Å². The van der Waals surface area contributed by atoms with E-state index in [0.29, 0.717) is 5.69 Å². The maximum atomic E-state index is 11.5. The van der Waals surface area contributed by atoms with Crippen molar-refractivity contribution in [2.75, 3.05) is 7.11 Å². The van der Waals surface area contributed by atoms with Gasteiger partial charge in [0, 0.05) is 13.2 Å². The highest BCUT2D eigenvalue weighted by Crippen LogP contribution is 1.96. The van der Waals surface area contributed by atoms with Gasteiger partial charge in [0.15, 0.2) is 0 Å². The molecule has 0 fully saturated rings. The molecule has 0 bridgehead atoms. The molecule has 3 N–H and O–H groups in total. The van der Waals surface area contributed by atoms with Gasteiger partial charge in [0.2, 0.25) is 0 Å². The monoisotopic (exact) mass is 284 g/mol. The lowest BCUT2D eigenvalue weighted by atomic mass is 10.2. The van der Waals surface area contributed by atoms with Gasteiger partial charge >= 0.3 is 18.0 Å². The van der Waals surface area contributed by atoms with Gasteiger partial charge in [-0.3, -0.25) is 9.48 Å². The Morgan fingerprint density at radius 3 is 2.70 bits per heavy atom. The molecular weight excluding hydrogens is 268 g/mol. The van der Waals surface area contributed by atoms with Crippen molar-refractivity contribution in [1.82, 2.24) is 20.4 Å². The van der Waals surface area contributed by atoms with E-state index < -0.39 is 30.4 Å². The van der Waals surface area contributed by atoms with Gasteiger partial charge in [-0.15, -0.1) is 0 Å².